The predicted molar refractivity (Wildman–Crippen MR) is 207 cm³/mol. The summed E-state index contributed by atoms with van der Waals surface area (Å²) in [6.45, 7) is 3.07. The van der Waals surface area contributed by atoms with Gasteiger partial charge in [0.1, 0.15) is 29.5 Å². The number of pyridine rings is 1. The molecule has 0 radical (unpaired) electrons. The number of sulfonamides is 1. The summed E-state index contributed by atoms with van der Waals surface area (Å²) < 4.78 is 96.4. The number of ether oxygens (including phenoxy) is 5. The van der Waals surface area contributed by atoms with E-state index in [0.29, 0.717) is 48.6 Å². The minimum absolute atomic E-state index is 0.0580. The quantitative estimate of drug-likeness (QED) is 0.308. The summed E-state index contributed by atoms with van der Waals surface area (Å²) >= 11 is 0. The van der Waals surface area contributed by atoms with Crippen molar-refractivity contribution in [2.24, 2.45) is 17.8 Å². The monoisotopic (exact) mass is 865 g/mol. The van der Waals surface area contributed by atoms with E-state index in [1.54, 1.807) is 37.3 Å². The number of carbonyl (C=O) groups excluding carboxylic acids is 4. The lowest BCUT2D eigenvalue weighted by atomic mass is 9.88. The molecule has 328 valence electrons. The van der Waals surface area contributed by atoms with Crippen LogP contribution in [0.25, 0.3) is 10.8 Å². The van der Waals surface area contributed by atoms with Gasteiger partial charge in [0, 0.05) is 23.8 Å². The zero-order chi connectivity index (χ0) is 43.4. The highest BCUT2D eigenvalue weighted by atomic mass is 32.2. The van der Waals surface area contributed by atoms with Crippen LogP contribution in [0.2, 0.25) is 0 Å². The summed E-state index contributed by atoms with van der Waals surface area (Å²) in [5, 5.41) is 6.38. The molecule has 5 aliphatic rings. The Morgan fingerprint density at radius 2 is 1.80 bits per heavy atom. The molecular weight excluding hydrogens is 816 g/mol. The number of benzene rings is 1. The van der Waals surface area contributed by atoms with E-state index in [1.165, 1.54) is 26.0 Å². The number of hydrogen-bond acceptors (Lipinski definition) is 12. The maximum Gasteiger partial charge on any atom is 0.433 e. The average molecular weight is 866 g/mol. The van der Waals surface area contributed by atoms with Crippen molar-refractivity contribution < 1.29 is 64.5 Å². The van der Waals surface area contributed by atoms with Gasteiger partial charge in [0.25, 0.3) is 11.5 Å². The SMILES string of the molecule is COc1ccc2c(OC3CC4C(=O)NC5(C(=O)NS(=O)(=O)C6(C)CC6)CC5C=CCCC(C)CC(C)C(NC(=O)OC5(C(F)(F)F)COC5)C(=O)N4C3)nc(OC)cc2c1. The van der Waals surface area contributed by atoms with Gasteiger partial charge in [-0.05, 0) is 80.9 Å². The zero-order valence-corrected chi connectivity index (χ0v) is 34.7. The first-order chi connectivity index (χ1) is 28.2. The molecule has 4 fully saturated rings. The normalized spacial score (nSPS) is 30.0. The maximum atomic E-state index is 14.9. The number of carbonyl (C=O) groups is 4. The highest BCUT2D eigenvalue weighted by molar-refractivity contribution is 7.91. The van der Waals surface area contributed by atoms with Crippen molar-refractivity contribution in [3.8, 4) is 17.5 Å². The fourth-order valence-electron chi connectivity index (χ4n) is 8.16. The second-order valence-corrected chi connectivity index (χ2v) is 19.2. The molecule has 3 aliphatic heterocycles. The number of allylic oxidation sites excluding steroid dienone is 1. The van der Waals surface area contributed by atoms with Gasteiger partial charge in [-0.1, -0.05) is 26.0 Å². The number of fused-ring (bicyclic) bond motifs is 3. The maximum absolute atomic E-state index is 14.9. The minimum Gasteiger partial charge on any atom is -0.497 e. The highest BCUT2D eigenvalue weighted by Gasteiger charge is 2.65. The molecule has 1 aromatic carbocycles. The third-order valence-corrected chi connectivity index (χ3v) is 14.6. The van der Waals surface area contributed by atoms with Crippen LogP contribution < -0.4 is 29.6 Å². The van der Waals surface area contributed by atoms with Crippen LogP contribution in [0.15, 0.2) is 36.4 Å². The van der Waals surface area contributed by atoms with Gasteiger partial charge in [-0.3, -0.25) is 19.1 Å². The van der Waals surface area contributed by atoms with Crippen molar-refractivity contribution in [3.05, 3.63) is 36.4 Å². The molecule has 16 nitrogen and oxygen atoms in total. The van der Waals surface area contributed by atoms with Crippen molar-refractivity contribution >= 4 is 44.6 Å². The topological polar surface area (TPSA) is 201 Å². The van der Waals surface area contributed by atoms with Gasteiger partial charge >= 0.3 is 12.3 Å². The predicted octanol–water partition coefficient (Wildman–Crippen LogP) is 3.91. The summed E-state index contributed by atoms with van der Waals surface area (Å²) in [4.78, 5) is 62.3. The van der Waals surface area contributed by atoms with E-state index in [4.69, 9.17) is 23.7 Å². The second kappa shape index (κ2) is 15.9. The smallest absolute Gasteiger partial charge is 0.433 e. The Kier molecular flexibility index (Phi) is 11.4. The number of nitrogens with one attached hydrogen (secondary N) is 3. The Morgan fingerprint density at radius 1 is 1.07 bits per heavy atom. The lowest BCUT2D eigenvalue weighted by molar-refractivity contribution is -0.331. The van der Waals surface area contributed by atoms with Crippen LogP contribution in [0.1, 0.15) is 65.7 Å². The van der Waals surface area contributed by atoms with E-state index in [-0.39, 0.29) is 37.1 Å². The number of halogens is 3. The lowest BCUT2D eigenvalue weighted by Gasteiger charge is -2.41. The summed E-state index contributed by atoms with van der Waals surface area (Å²) in [7, 11) is -1.16. The Bertz CT molecular complexity index is 2170. The molecule has 3 N–H and O–H groups in total. The molecule has 4 heterocycles. The second-order valence-electron chi connectivity index (χ2n) is 17.0. The van der Waals surface area contributed by atoms with E-state index in [0.717, 1.165) is 0 Å². The molecule has 7 atom stereocenters. The van der Waals surface area contributed by atoms with E-state index in [2.05, 4.69) is 20.3 Å². The fourth-order valence-corrected chi connectivity index (χ4v) is 9.47. The van der Waals surface area contributed by atoms with Crippen molar-refractivity contribution in [2.75, 3.05) is 34.0 Å². The lowest BCUT2D eigenvalue weighted by Crippen LogP contribution is -2.65. The molecule has 7 rings (SSSR count). The number of hydrogen-bond donors (Lipinski definition) is 3. The number of alkyl halides is 3. The van der Waals surface area contributed by atoms with Gasteiger partial charge in [0.15, 0.2) is 0 Å². The van der Waals surface area contributed by atoms with Crippen LogP contribution in [-0.2, 0) is 33.9 Å². The third kappa shape index (κ3) is 8.28. The first-order valence-electron chi connectivity index (χ1n) is 19.9. The Balaban J connectivity index is 1.23. The largest absolute Gasteiger partial charge is 0.497 e. The Labute approximate surface area is 345 Å². The molecule has 4 amide bonds. The molecule has 2 aromatic rings. The zero-order valence-electron chi connectivity index (χ0n) is 33.9. The molecular formula is C40H50F3N5O11S. The molecule has 1 aromatic heterocycles. The van der Waals surface area contributed by atoms with Gasteiger partial charge in [-0.2, -0.15) is 18.2 Å². The number of methoxy groups -OCH3 is 2. The third-order valence-electron chi connectivity index (χ3n) is 12.5. The van der Waals surface area contributed by atoms with Gasteiger partial charge < -0.3 is 39.2 Å². The number of nitrogens with zero attached hydrogens (tertiary/aromatic N) is 2. The Hall–Kier alpha value is -4.85. The number of amides is 4. The van der Waals surface area contributed by atoms with Crippen molar-refractivity contribution in [2.45, 2.75) is 106 Å². The van der Waals surface area contributed by atoms with Crippen LogP contribution in [-0.4, -0.2) is 116 Å². The molecule has 2 aliphatic carbocycles. The number of alkyl carbamates (subject to hydrolysis) is 1. The van der Waals surface area contributed by atoms with Crippen LogP contribution in [0, 0.1) is 17.8 Å². The van der Waals surface area contributed by atoms with Gasteiger partial charge in [-0.25, -0.2) is 13.2 Å². The first-order valence-corrected chi connectivity index (χ1v) is 21.4. The van der Waals surface area contributed by atoms with Gasteiger partial charge in [-0.15, -0.1) is 0 Å². The van der Waals surface area contributed by atoms with Crippen LogP contribution in [0.3, 0.4) is 0 Å². The Morgan fingerprint density at radius 3 is 2.43 bits per heavy atom. The van der Waals surface area contributed by atoms with Crippen molar-refractivity contribution in [1.29, 1.82) is 0 Å². The standard InChI is InChI=1S/C40H50F3N5O11S/c1-22-8-6-7-9-25-18-39(25,35(51)47-60(53,54)37(3)12-13-37)46-32(49)29-17-27(58-33-28-11-10-26(55-4)15-24(28)16-30(44-33)56-5)19-48(29)34(50)31(23(2)14-22)45-36(52)59-38(20-57-21-38)40(41,42)43/h7,9-11,15-16,22-23,25,27,29,31H,6,8,12-14,17-21H2,1-5H3,(H,45,52)(H,46,49)(H,47,51). The number of aromatic nitrogens is 1. The molecule has 20 heteroatoms. The fraction of sp³-hybridized carbons (Fsp3) is 0.625. The molecule has 60 heavy (non-hydrogen) atoms. The van der Waals surface area contributed by atoms with Crippen LogP contribution in [0.5, 0.6) is 17.5 Å². The summed E-state index contributed by atoms with van der Waals surface area (Å²) in [5.41, 5.74) is -4.56. The molecule has 7 unspecified atom stereocenters. The molecule has 0 spiro atoms. The average Bonchev–Trinajstić information content (AvgIpc) is 4.05. The molecule has 2 saturated carbocycles. The van der Waals surface area contributed by atoms with E-state index in [9.17, 15) is 40.8 Å². The minimum atomic E-state index is -4.95. The summed E-state index contributed by atoms with van der Waals surface area (Å²) in [6.07, 6.45) is -1.59. The van der Waals surface area contributed by atoms with Crippen LogP contribution >= 0.6 is 0 Å². The van der Waals surface area contributed by atoms with Crippen molar-refractivity contribution in [1.82, 2.24) is 25.2 Å². The van der Waals surface area contributed by atoms with E-state index in [1.807, 2.05) is 13.0 Å². The summed E-state index contributed by atoms with van der Waals surface area (Å²) in [6, 6.07) is 4.00. The van der Waals surface area contributed by atoms with E-state index < -0.39 is 99.1 Å². The molecule has 0 bridgehead atoms. The van der Waals surface area contributed by atoms with Gasteiger partial charge in [0.05, 0.1) is 38.7 Å². The molecule has 2 saturated heterocycles. The first kappa shape index (κ1) is 43.2. The number of rotatable bonds is 9. The van der Waals surface area contributed by atoms with Crippen LogP contribution in [0.4, 0.5) is 18.0 Å². The summed E-state index contributed by atoms with van der Waals surface area (Å²) in [5.74, 6) is -2.95. The van der Waals surface area contributed by atoms with Crippen molar-refractivity contribution in [3.63, 3.8) is 0 Å². The van der Waals surface area contributed by atoms with E-state index >= 15 is 0 Å². The van der Waals surface area contributed by atoms with Gasteiger partial charge in [0.2, 0.25) is 33.6 Å². The highest BCUT2D eigenvalue weighted by Crippen LogP contribution is 2.48.